The van der Waals surface area contributed by atoms with E-state index in [4.69, 9.17) is 31.5 Å². The molecule has 1 aliphatic rings. The smallest absolute Gasteiger partial charge is 0.179 e. The van der Waals surface area contributed by atoms with E-state index < -0.39 is 6.10 Å². The normalized spacial score (nSPS) is 18.4. The molecule has 1 heterocycles. The minimum absolute atomic E-state index is 0.285. The number of rotatable bonds is 5. The minimum Gasteiger partial charge on any atom is -0.486 e. The lowest BCUT2D eigenvalue weighted by Crippen LogP contribution is -2.28. The number of fused-ring (bicyclic) bond motifs is 1. The average Bonchev–Trinajstić information content (AvgIpc) is 2.44. The second-order valence-electron chi connectivity index (χ2n) is 4.83. The van der Waals surface area contributed by atoms with Gasteiger partial charge in [0.15, 0.2) is 11.5 Å². The molecule has 20 heavy (non-hydrogen) atoms. The van der Waals surface area contributed by atoms with Crippen LogP contribution in [0.25, 0.3) is 0 Å². The third-order valence-electron chi connectivity index (χ3n) is 3.26. The van der Waals surface area contributed by atoms with E-state index in [0.717, 1.165) is 5.56 Å². The molecule has 3 unspecified atom stereocenters. The monoisotopic (exact) mass is 301 g/mol. The molecule has 0 saturated carbocycles. The maximum absolute atomic E-state index is 9.52. The van der Waals surface area contributed by atoms with E-state index in [1.165, 1.54) is 0 Å². The molecular weight excluding hydrogens is 282 g/mol. The zero-order valence-corrected chi connectivity index (χ0v) is 12.4. The van der Waals surface area contributed by atoms with Crippen LogP contribution in [-0.2, 0) is 4.74 Å². The standard InChI is InChI=1S/C14H20ClNO4/c1-8(17)9(2)20-13(7-16)10-5-11(15)14-12(6-10)18-3-4-19-14/h5-6,8-9,13,17H,3-4,7,16H2,1-2H3. The highest BCUT2D eigenvalue weighted by atomic mass is 35.5. The summed E-state index contributed by atoms with van der Waals surface area (Å²) in [6, 6.07) is 3.59. The lowest BCUT2D eigenvalue weighted by Gasteiger charge is -2.26. The second-order valence-corrected chi connectivity index (χ2v) is 5.24. The third-order valence-corrected chi connectivity index (χ3v) is 3.54. The van der Waals surface area contributed by atoms with E-state index in [-0.39, 0.29) is 18.8 Å². The van der Waals surface area contributed by atoms with Crippen LogP contribution >= 0.6 is 11.6 Å². The van der Waals surface area contributed by atoms with Gasteiger partial charge in [0.05, 0.1) is 23.3 Å². The molecule has 1 aromatic rings. The summed E-state index contributed by atoms with van der Waals surface area (Å²) in [7, 11) is 0. The highest BCUT2D eigenvalue weighted by Crippen LogP contribution is 2.40. The molecule has 112 valence electrons. The van der Waals surface area contributed by atoms with E-state index in [1.54, 1.807) is 19.9 Å². The van der Waals surface area contributed by atoms with Crippen LogP contribution in [-0.4, -0.2) is 37.1 Å². The van der Waals surface area contributed by atoms with Crippen LogP contribution in [0.1, 0.15) is 25.5 Å². The summed E-state index contributed by atoms with van der Waals surface area (Å²) in [5.74, 6) is 1.16. The Morgan fingerprint density at radius 1 is 1.35 bits per heavy atom. The van der Waals surface area contributed by atoms with Gasteiger partial charge < -0.3 is 25.1 Å². The van der Waals surface area contributed by atoms with Crippen LogP contribution < -0.4 is 15.2 Å². The first-order chi connectivity index (χ1) is 9.52. The van der Waals surface area contributed by atoms with Crippen molar-refractivity contribution in [1.82, 2.24) is 0 Å². The van der Waals surface area contributed by atoms with E-state index in [0.29, 0.717) is 29.7 Å². The van der Waals surface area contributed by atoms with Gasteiger partial charge in [-0.15, -0.1) is 0 Å². The number of aliphatic hydroxyl groups is 1. The van der Waals surface area contributed by atoms with E-state index in [1.807, 2.05) is 6.07 Å². The molecule has 2 rings (SSSR count). The average molecular weight is 302 g/mol. The van der Waals surface area contributed by atoms with Gasteiger partial charge in [-0.2, -0.15) is 0 Å². The van der Waals surface area contributed by atoms with Gasteiger partial charge in [0.1, 0.15) is 13.2 Å². The number of halogens is 1. The molecule has 0 amide bonds. The number of nitrogens with two attached hydrogens (primary N) is 1. The Labute approximate surface area is 123 Å². The quantitative estimate of drug-likeness (QED) is 0.869. The minimum atomic E-state index is -0.572. The number of ether oxygens (including phenoxy) is 3. The first-order valence-corrected chi connectivity index (χ1v) is 7.03. The van der Waals surface area contributed by atoms with Crippen molar-refractivity contribution >= 4 is 11.6 Å². The SMILES string of the molecule is CC(O)C(C)OC(CN)c1cc(Cl)c2c(c1)OCCO2. The zero-order valence-electron chi connectivity index (χ0n) is 11.6. The van der Waals surface area contributed by atoms with Crippen molar-refractivity contribution in [3.8, 4) is 11.5 Å². The molecule has 0 spiro atoms. The highest BCUT2D eigenvalue weighted by Gasteiger charge is 2.22. The van der Waals surface area contributed by atoms with Crippen molar-refractivity contribution in [3.63, 3.8) is 0 Å². The third kappa shape index (κ3) is 3.35. The van der Waals surface area contributed by atoms with Gasteiger partial charge in [0, 0.05) is 6.54 Å². The summed E-state index contributed by atoms with van der Waals surface area (Å²) in [5.41, 5.74) is 6.57. The van der Waals surface area contributed by atoms with Crippen molar-refractivity contribution in [2.24, 2.45) is 5.73 Å². The molecule has 0 aliphatic carbocycles. The molecular formula is C14H20ClNO4. The molecule has 0 bridgehead atoms. The predicted octanol–water partition coefficient (Wildman–Crippen LogP) is 1.90. The molecule has 3 N–H and O–H groups in total. The van der Waals surface area contributed by atoms with Crippen LogP contribution in [0.15, 0.2) is 12.1 Å². The topological polar surface area (TPSA) is 73.9 Å². The van der Waals surface area contributed by atoms with Crippen molar-refractivity contribution in [2.75, 3.05) is 19.8 Å². The van der Waals surface area contributed by atoms with Crippen molar-refractivity contribution in [1.29, 1.82) is 0 Å². The Balaban J connectivity index is 2.24. The summed E-state index contributed by atoms with van der Waals surface area (Å²) in [6.45, 7) is 4.74. The maximum atomic E-state index is 9.52. The second kappa shape index (κ2) is 6.63. The van der Waals surface area contributed by atoms with E-state index in [2.05, 4.69) is 0 Å². The lowest BCUT2D eigenvalue weighted by atomic mass is 10.1. The van der Waals surface area contributed by atoms with E-state index >= 15 is 0 Å². The van der Waals surface area contributed by atoms with Crippen LogP contribution in [0.2, 0.25) is 5.02 Å². The van der Waals surface area contributed by atoms with Crippen LogP contribution in [0, 0.1) is 0 Å². The first-order valence-electron chi connectivity index (χ1n) is 6.65. The van der Waals surface area contributed by atoms with Gasteiger partial charge in [-0.25, -0.2) is 0 Å². The van der Waals surface area contributed by atoms with E-state index in [9.17, 15) is 5.11 Å². The summed E-state index contributed by atoms with van der Waals surface area (Å²) < 4.78 is 16.8. The number of hydrogen-bond donors (Lipinski definition) is 2. The first kappa shape index (κ1) is 15.4. The van der Waals surface area contributed by atoms with Crippen molar-refractivity contribution < 1.29 is 19.3 Å². The fraction of sp³-hybridized carbons (Fsp3) is 0.571. The van der Waals surface area contributed by atoms with Gasteiger partial charge >= 0.3 is 0 Å². The molecule has 0 saturated heterocycles. The number of benzene rings is 1. The Hall–Kier alpha value is -1.01. The molecule has 3 atom stereocenters. The number of hydrogen-bond acceptors (Lipinski definition) is 5. The van der Waals surface area contributed by atoms with Gasteiger partial charge in [0.25, 0.3) is 0 Å². The van der Waals surface area contributed by atoms with Crippen molar-refractivity contribution in [3.05, 3.63) is 22.7 Å². The molecule has 5 nitrogen and oxygen atoms in total. The summed E-state index contributed by atoms with van der Waals surface area (Å²) in [4.78, 5) is 0. The molecule has 6 heteroatoms. The maximum Gasteiger partial charge on any atom is 0.179 e. The van der Waals surface area contributed by atoms with Gasteiger partial charge in [-0.05, 0) is 31.5 Å². The Morgan fingerprint density at radius 3 is 2.70 bits per heavy atom. The highest BCUT2D eigenvalue weighted by molar-refractivity contribution is 6.32. The fourth-order valence-electron chi connectivity index (χ4n) is 1.96. The summed E-state index contributed by atoms with van der Waals surface area (Å²) in [6.07, 6.45) is -1.25. The van der Waals surface area contributed by atoms with Gasteiger partial charge in [-0.1, -0.05) is 11.6 Å². The predicted molar refractivity (Wildman–Crippen MR) is 76.5 cm³/mol. The molecule has 1 aliphatic heterocycles. The van der Waals surface area contributed by atoms with Gasteiger partial charge in [-0.3, -0.25) is 0 Å². The van der Waals surface area contributed by atoms with Crippen LogP contribution in [0.5, 0.6) is 11.5 Å². The van der Waals surface area contributed by atoms with Gasteiger partial charge in [0.2, 0.25) is 0 Å². The Bertz CT molecular complexity index is 467. The number of aliphatic hydroxyl groups excluding tert-OH is 1. The Morgan fingerprint density at radius 2 is 2.05 bits per heavy atom. The lowest BCUT2D eigenvalue weighted by molar-refractivity contribution is -0.0592. The fourth-order valence-corrected chi connectivity index (χ4v) is 2.23. The van der Waals surface area contributed by atoms with Crippen LogP contribution in [0.4, 0.5) is 0 Å². The zero-order chi connectivity index (χ0) is 14.7. The molecule has 0 fully saturated rings. The summed E-state index contributed by atoms with van der Waals surface area (Å²) in [5, 5.41) is 10.00. The summed E-state index contributed by atoms with van der Waals surface area (Å²) >= 11 is 6.20. The van der Waals surface area contributed by atoms with Crippen molar-refractivity contribution in [2.45, 2.75) is 32.2 Å². The molecule has 1 aromatic carbocycles. The van der Waals surface area contributed by atoms with Crippen LogP contribution in [0.3, 0.4) is 0 Å². The Kier molecular flexibility index (Phi) is 5.10. The molecule has 0 aromatic heterocycles. The molecule has 0 radical (unpaired) electrons. The largest absolute Gasteiger partial charge is 0.486 e.